The highest BCUT2D eigenvalue weighted by Gasteiger charge is 2.32. The van der Waals surface area contributed by atoms with Crippen molar-refractivity contribution in [3.8, 4) is 0 Å². The Labute approximate surface area is 121 Å². The molecule has 0 amide bonds. The minimum absolute atomic E-state index is 0.00386. The predicted octanol–water partition coefficient (Wildman–Crippen LogP) is 2.43. The lowest BCUT2D eigenvalue weighted by molar-refractivity contribution is 0.0175. The largest absolute Gasteiger partial charge is 0.381 e. The molecule has 1 heterocycles. The molecular weight excluding hydrogens is 274 g/mol. The molecule has 0 unspecified atom stereocenters. The van der Waals surface area contributed by atoms with Gasteiger partial charge in [-0.2, -0.15) is 0 Å². The first kappa shape index (κ1) is 15.5. The average Bonchev–Trinajstić information content (AvgIpc) is 2.39. The maximum Gasteiger partial charge on any atom is 0.242 e. The van der Waals surface area contributed by atoms with E-state index in [-0.39, 0.29) is 5.41 Å². The van der Waals surface area contributed by atoms with Crippen LogP contribution in [-0.4, -0.2) is 39.5 Å². The molecule has 0 radical (unpaired) electrons. The molecule has 0 atom stereocenters. The van der Waals surface area contributed by atoms with Gasteiger partial charge in [-0.05, 0) is 42.9 Å². The van der Waals surface area contributed by atoms with E-state index >= 15 is 0 Å². The van der Waals surface area contributed by atoms with E-state index in [2.05, 4.69) is 6.92 Å². The van der Waals surface area contributed by atoms with Crippen molar-refractivity contribution in [3.63, 3.8) is 0 Å². The summed E-state index contributed by atoms with van der Waals surface area (Å²) in [5.41, 5.74) is 0.959. The van der Waals surface area contributed by atoms with E-state index in [0.717, 1.165) is 31.6 Å². The van der Waals surface area contributed by atoms with Crippen LogP contribution in [0.25, 0.3) is 0 Å². The van der Waals surface area contributed by atoms with Gasteiger partial charge in [0.05, 0.1) is 4.90 Å². The van der Waals surface area contributed by atoms with Crippen molar-refractivity contribution in [2.45, 2.75) is 31.6 Å². The van der Waals surface area contributed by atoms with Crippen LogP contribution in [0.4, 0.5) is 0 Å². The van der Waals surface area contributed by atoms with Gasteiger partial charge < -0.3 is 4.74 Å². The number of nitrogens with zero attached hydrogens (tertiary/aromatic N) is 1. The summed E-state index contributed by atoms with van der Waals surface area (Å²) < 4.78 is 32.0. The third-order valence-electron chi connectivity index (χ3n) is 4.00. The van der Waals surface area contributed by atoms with E-state index in [0.29, 0.717) is 11.4 Å². The maximum atomic E-state index is 12.6. The predicted molar refractivity (Wildman–Crippen MR) is 79.2 cm³/mol. The normalized spacial score (nSPS) is 19.2. The lowest BCUT2D eigenvalue weighted by atomic mass is 9.82. The standard InChI is InChI=1S/C15H23NO3S/c1-13-5-4-6-14(11-13)20(17,18)16(3)12-15(2)7-9-19-10-8-15/h4-6,11H,7-10,12H2,1-3H3. The average molecular weight is 297 g/mol. The number of aryl methyl sites for hydroxylation is 1. The van der Waals surface area contributed by atoms with E-state index in [9.17, 15) is 8.42 Å². The van der Waals surface area contributed by atoms with Crippen LogP contribution in [0.5, 0.6) is 0 Å². The van der Waals surface area contributed by atoms with Gasteiger partial charge in [-0.15, -0.1) is 0 Å². The van der Waals surface area contributed by atoms with E-state index in [1.165, 1.54) is 4.31 Å². The minimum Gasteiger partial charge on any atom is -0.381 e. The fraction of sp³-hybridized carbons (Fsp3) is 0.600. The number of hydrogen-bond acceptors (Lipinski definition) is 3. The van der Waals surface area contributed by atoms with Crippen molar-refractivity contribution in [1.82, 2.24) is 4.31 Å². The molecule has 0 saturated carbocycles. The van der Waals surface area contributed by atoms with Gasteiger partial charge >= 0.3 is 0 Å². The molecule has 4 nitrogen and oxygen atoms in total. The van der Waals surface area contributed by atoms with Crippen LogP contribution in [-0.2, 0) is 14.8 Å². The van der Waals surface area contributed by atoms with Gasteiger partial charge in [0.25, 0.3) is 0 Å². The Morgan fingerprint density at radius 1 is 1.30 bits per heavy atom. The van der Waals surface area contributed by atoms with Crippen molar-refractivity contribution in [2.75, 3.05) is 26.8 Å². The van der Waals surface area contributed by atoms with Gasteiger partial charge in [-0.3, -0.25) is 0 Å². The van der Waals surface area contributed by atoms with Gasteiger partial charge in [0.1, 0.15) is 0 Å². The van der Waals surface area contributed by atoms with Crippen LogP contribution in [0.15, 0.2) is 29.2 Å². The summed E-state index contributed by atoms with van der Waals surface area (Å²) in [7, 11) is -1.74. The summed E-state index contributed by atoms with van der Waals surface area (Å²) in [6.45, 7) is 6.01. The molecule has 1 saturated heterocycles. The van der Waals surface area contributed by atoms with Crippen molar-refractivity contribution < 1.29 is 13.2 Å². The molecule has 0 aromatic heterocycles. The van der Waals surface area contributed by atoms with Gasteiger partial charge in [-0.25, -0.2) is 12.7 Å². The number of hydrogen-bond donors (Lipinski definition) is 0. The van der Waals surface area contributed by atoms with Gasteiger partial charge in [0.2, 0.25) is 10.0 Å². The van der Waals surface area contributed by atoms with Gasteiger partial charge in [0.15, 0.2) is 0 Å². The highest BCUT2D eigenvalue weighted by atomic mass is 32.2. The van der Waals surface area contributed by atoms with Crippen LogP contribution in [0.1, 0.15) is 25.3 Å². The Bertz CT molecular complexity index is 562. The van der Waals surface area contributed by atoms with Crippen molar-refractivity contribution in [1.29, 1.82) is 0 Å². The SMILES string of the molecule is Cc1cccc(S(=O)(=O)N(C)CC2(C)CCOCC2)c1. The Morgan fingerprint density at radius 3 is 2.55 bits per heavy atom. The fourth-order valence-corrected chi connectivity index (χ4v) is 4.03. The lowest BCUT2D eigenvalue weighted by Gasteiger charge is -2.36. The molecule has 5 heteroatoms. The van der Waals surface area contributed by atoms with Crippen molar-refractivity contribution >= 4 is 10.0 Å². The molecule has 2 rings (SSSR count). The third kappa shape index (κ3) is 3.40. The molecule has 1 aromatic rings. The summed E-state index contributed by atoms with van der Waals surface area (Å²) in [4.78, 5) is 0.371. The highest BCUT2D eigenvalue weighted by molar-refractivity contribution is 7.89. The molecule has 0 bridgehead atoms. The molecule has 0 spiro atoms. The Balaban J connectivity index is 2.17. The second-order valence-electron chi connectivity index (χ2n) is 6.00. The Morgan fingerprint density at radius 2 is 1.95 bits per heavy atom. The van der Waals surface area contributed by atoms with Crippen molar-refractivity contribution in [2.24, 2.45) is 5.41 Å². The lowest BCUT2D eigenvalue weighted by Crippen LogP contribution is -2.40. The highest BCUT2D eigenvalue weighted by Crippen LogP contribution is 2.32. The number of ether oxygens (including phenoxy) is 1. The summed E-state index contributed by atoms with van der Waals surface area (Å²) in [5, 5.41) is 0. The van der Waals surface area contributed by atoms with Gasteiger partial charge in [-0.1, -0.05) is 19.1 Å². The maximum absolute atomic E-state index is 12.6. The molecule has 112 valence electrons. The molecule has 1 aliphatic rings. The monoisotopic (exact) mass is 297 g/mol. The molecule has 1 aliphatic heterocycles. The fourth-order valence-electron chi connectivity index (χ4n) is 2.60. The summed E-state index contributed by atoms with van der Waals surface area (Å²) >= 11 is 0. The van der Waals surface area contributed by atoms with E-state index < -0.39 is 10.0 Å². The number of rotatable bonds is 4. The summed E-state index contributed by atoms with van der Waals surface area (Å²) in [6.07, 6.45) is 1.81. The first-order valence-corrected chi connectivity index (χ1v) is 8.38. The van der Waals surface area contributed by atoms with Crippen LogP contribution in [0.3, 0.4) is 0 Å². The number of sulfonamides is 1. The van der Waals surface area contributed by atoms with Crippen LogP contribution >= 0.6 is 0 Å². The topological polar surface area (TPSA) is 46.6 Å². The minimum atomic E-state index is -3.41. The summed E-state index contributed by atoms with van der Waals surface area (Å²) in [5.74, 6) is 0. The second kappa shape index (κ2) is 5.84. The summed E-state index contributed by atoms with van der Waals surface area (Å²) in [6, 6.07) is 7.06. The van der Waals surface area contributed by atoms with Gasteiger partial charge in [0, 0.05) is 26.8 Å². The van der Waals surface area contributed by atoms with E-state index in [1.807, 2.05) is 13.0 Å². The van der Waals surface area contributed by atoms with Crippen molar-refractivity contribution in [3.05, 3.63) is 29.8 Å². The molecule has 0 N–H and O–H groups in total. The Hall–Kier alpha value is -0.910. The van der Waals surface area contributed by atoms with E-state index in [4.69, 9.17) is 4.74 Å². The van der Waals surface area contributed by atoms with Crippen LogP contribution in [0, 0.1) is 12.3 Å². The quantitative estimate of drug-likeness (QED) is 0.857. The zero-order valence-corrected chi connectivity index (χ0v) is 13.2. The van der Waals surface area contributed by atoms with Crippen LogP contribution < -0.4 is 0 Å². The zero-order valence-electron chi connectivity index (χ0n) is 12.4. The zero-order chi connectivity index (χ0) is 14.8. The molecule has 1 fully saturated rings. The van der Waals surface area contributed by atoms with Crippen LogP contribution in [0.2, 0.25) is 0 Å². The Kier molecular flexibility index (Phi) is 4.52. The first-order valence-electron chi connectivity index (χ1n) is 6.94. The molecule has 0 aliphatic carbocycles. The van der Waals surface area contributed by atoms with E-state index in [1.54, 1.807) is 25.2 Å². The number of benzene rings is 1. The molecule has 1 aromatic carbocycles. The smallest absolute Gasteiger partial charge is 0.242 e. The molecular formula is C15H23NO3S. The second-order valence-corrected chi connectivity index (χ2v) is 8.05. The third-order valence-corrected chi connectivity index (χ3v) is 5.80. The molecule has 20 heavy (non-hydrogen) atoms. The first-order chi connectivity index (χ1) is 9.33.